The average Bonchev–Trinajstić information content (AvgIpc) is 2.73. The van der Waals surface area contributed by atoms with Crippen molar-refractivity contribution in [1.29, 1.82) is 0 Å². The van der Waals surface area contributed by atoms with Crippen LogP contribution in [0, 0.1) is 12.8 Å². The van der Waals surface area contributed by atoms with Crippen LogP contribution in [0.2, 0.25) is 0 Å². The van der Waals surface area contributed by atoms with Crippen LogP contribution < -0.4 is 5.73 Å². The molecule has 6 heteroatoms. The van der Waals surface area contributed by atoms with Crippen molar-refractivity contribution >= 4 is 29.9 Å². The Morgan fingerprint density at radius 3 is 2.78 bits per heavy atom. The molecule has 1 aliphatic rings. The number of piperidine rings is 1. The lowest BCUT2D eigenvalue weighted by Gasteiger charge is -2.30. The van der Waals surface area contributed by atoms with Crippen molar-refractivity contribution in [2.45, 2.75) is 33.2 Å². The molecular formula is C12H21IN4O. The van der Waals surface area contributed by atoms with Crippen LogP contribution in [0.25, 0.3) is 0 Å². The Balaban J connectivity index is 0.00000162. The van der Waals surface area contributed by atoms with E-state index in [9.17, 15) is 0 Å². The van der Waals surface area contributed by atoms with Crippen LogP contribution in [0.1, 0.15) is 31.2 Å². The van der Waals surface area contributed by atoms with E-state index in [2.05, 4.69) is 22.0 Å². The van der Waals surface area contributed by atoms with Gasteiger partial charge in [0, 0.05) is 19.2 Å². The zero-order valence-electron chi connectivity index (χ0n) is 10.9. The fourth-order valence-electron chi connectivity index (χ4n) is 1.99. The third-order valence-electron chi connectivity index (χ3n) is 3.19. The van der Waals surface area contributed by atoms with Crippen LogP contribution in [0.5, 0.6) is 0 Å². The normalized spacial score (nSPS) is 17.7. The highest BCUT2D eigenvalue weighted by molar-refractivity contribution is 14.0. The van der Waals surface area contributed by atoms with Crippen LogP contribution in [0.4, 0.5) is 0 Å². The second-order valence-corrected chi connectivity index (χ2v) is 4.77. The van der Waals surface area contributed by atoms with Crippen molar-refractivity contribution in [3.8, 4) is 0 Å². The molecule has 102 valence electrons. The molecule has 5 nitrogen and oxygen atoms in total. The van der Waals surface area contributed by atoms with Crippen LogP contribution >= 0.6 is 24.0 Å². The number of nitrogens with zero attached hydrogens (tertiary/aromatic N) is 3. The van der Waals surface area contributed by atoms with Crippen LogP contribution in [0.3, 0.4) is 0 Å². The van der Waals surface area contributed by atoms with Crippen molar-refractivity contribution < 1.29 is 4.52 Å². The molecule has 2 rings (SSSR count). The van der Waals surface area contributed by atoms with Crippen molar-refractivity contribution in [2.75, 3.05) is 13.1 Å². The summed E-state index contributed by atoms with van der Waals surface area (Å²) in [6.45, 7) is 6.66. The van der Waals surface area contributed by atoms with Gasteiger partial charge in [0.1, 0.15) is 11.5 Å². The first-order valence-electron chi connectivity index (χ1n) is 6.12. The van der Waals surface area contributed by atoms with Gasteiger partial charge < -0.3 is 15.2 Å². The highest BCUT2D eigenvalue weighted by Crippen LogP contribution is 2.15. The van der Waals surface area contributed by atoms with Gasteiger partial charge in [-0.05, 0) is 25.7 Å². The zero-order valence-corrected chi connectivity index (χ0v) is 13.3. The van der Waals surface area contributed by atoms with Crippen molar-refractivity contribution in [1.82, 2.24) is 10.1 Å². The van der Waals surface area contributed by atoms with E-state index < -0.39 is 0 Å². The van der Waals surface area contributed by atoms with Crippen molar-refractivity contribution in [2.24, 2.45) is 16.6 Å². The molecule has 2 heterocycles. The van der Waals surface area contributed by atoms with E-state index in [0.29, 0.717) is 12.5 Å². The first kappa shape index (κ1) is 15.3. The van der Waals surface area contributed by atoms with E-state index in [1.54, 1.807) is 0 Å². The Morgan fingerprint density at radius 2 is 2.22 bits per heavy atom. The van der Waals surface area contributed by atoms with Gasteiger partial charge >= 0.3 is 0 Å². The molecule has 0 spiro atoms. The minimum atomic E-state index is 0. The van der Waals surface area contributed by atoms with E-state index >= 15 is 0 Å². The molecule has 0 atom stereocenters. The molecular weight excluding hydrogens is 343 g/mol. The van der Waals surface area contributed by atoms with E-state index in [4.69, 9.17) is 10.3 Å². The van der Waals surface area contributed by atoms with E-state index in [1.807, 2.05) is 13.0 Å². The summed E-state index contributed by atoms with van der Waals surface area (Å²) < 4.78 is 4.98. The van der Waals surface area contributed by atoms with Crippen LogP contribution in [-0.4, -0.2) is 29.1 Å². The molecule has 1 aromatic heterocycles. The smallest absolute Gasteiger partial charge is 0.191 e. The number of halogens is 1. The van der Waals surface area contributed by atoms with Gasteiger partial charge in [-0.2, -0.15) is 0 Å². The lowest BCUT2D eigenvalue weighted by atomic mass is 10.00. The molecule has 0 saturated carbocycles. The highest BCUT2D eigenvalue weighted by atomic mass is 127. The second kappa shape index (κ2) is 6.96. The first-order chi connectivity index (χ1) is 8.15. The highest BCUT2D eigenvalue weighted by Gasteiger charge is 2.16. The molecule has 0 aromatic carbocycles. The van der Waals surface area contributed by atoms with Gasteiger partial charge in [0.15, 0.2) is 5.96 Å². The number of rotatable bonds is 2. The van der Waals surface area contributed by atoms with Crippen LogP contribution in [-0.2, 0) is 6.54 Å². The Hall–Kier alpha value is -0.790. The lowest BCUT2D eigenvalue weighted by molar-refractivity contribution is 0.277. The van der Waals surface area contributed by atoms with Gasteiger partial charge in [-0.25, -0.2) is 4.99 Å². The maximum atomic E-state index is 5.97. The van der Waals surface area contributed by atoms with Gasteiger partial charge in [-0.15, -0.1) is 24.0 Å². The fraction of sp³-hybridized carbons (Fsp3) is 0.667. The lowest BCUT2D eigenvalue weighted by Crippen LogP contribution is -2.42. The number of hydrogen-bond donors (Lipinski definition) is 1. The van der Waals surface area contributed by atoms with E-state index in [-0.39, 0.29) is 24.0 Å². The summed E-state index contributed by atoms with van der Waals surface area (Å²) in [6, 6.07) is 1.88. The third-order valence-corrected chi connectivity index (χ3v) is 3.19. The maximum Gasteiger partial charge on any atom is 0.191 e. The second-order valence-electron chi connectivity index (χ2n) is 4.77. The van der Waals surface area contributed by atoms with Crippen LogP contribution in [0.15, 0.2) is 15.6 Å². The molecule has 1 saturated heterocycles. The predicted octanol–water partition coefficient (Wildman–Crippen LogP) is 2.15. The first-order valence-corrected chi connectivity index (χ1v) is 6.12. The molecule has 0 aliphatic carbocycles. The topological polar surface area (TPSA) is 67.7 Å². The van der Waals surface area contributed by atoms with Gasteiger partial charge in [0.25, 0.3) is 0 Å². The number of hydrogen-bond acceptors (Lipinski definition) is 3. The number of aryl methyl sites for hydroxylation is 1. The number of aliphatic imine (C=N–C) groups is 1. The summed E-state index contributed by atoms with van der Waals surface area (Å²) in [5.41, 5.74) is 6.80. The Kier molecular flexibility index (Phi) is 5.90. The fourth-order valence-corrected chi connectivity index (χ4v) is 1.99. The number of aromatic nitrogens is 1. The van der Waals surface area contributed by atoms with E-state index in [1.165, 1.54) is 12.8 Å². The van der Waals surface area contributed by atoms with Crippen molar-refractivity contribution in [3.05, 3.63) is 17.5 Å². The summed E-state index contributed by atoms with van der Waals surface area (Å²) in [5.74, 6) is 2.23. The Labute approximate surface area is 125 Å². The van der Waals surface area contributed by atoms with Crippen molar-refractivity contribution in [3.63, 3.8) is 0 Å². The molecule has 0 amide bonds. The number of nitrogens with two attached hydrogens (primary N) is 1. The minimum absolute atomic E-state index is 0. The van der Waals surface area contributed by atoms with E-state index in [0.717, 1.165) is 30.5 Å². The third kappa shape index (κ3) is 4.15. The Morgan fingerprint density at radius 1 is 1.56 bits per heavy atom. The predicted molar refractivity (Wildman–Crippen MR) is 82.0 cm³/mol. The number of guanidine groups is 1. The largest absolute Gasteiger partial charge is 0.370 e. The van der Waals surface area contributed by atoms with Gasteiger partial charge in [-0.1, -0.05) is 12.1 Å². The summed E-state index contributed by atoms with van der Waals surface area (Å²) in [7, 11) is 0. The molecule has 0 unspecified atom stereocenters. The number of likely N-dealkylation sites (tertiary alicyclic amines) is 1. The maximum absolute atomic E-state index is 5.97. The van der Waals surface area contributed by atoms with Gasteiger partial charge in [-0.3, -0.25) is 0 Å². The monoisotopic (exact) mass is 364 g/mol. The molecule has 1 fully saturated rings. The SMILES string of the molecule is Cc1cc(CN=C(N)N2CCC(C)CC2)no1.I. The summed E-state index contributed by atoms with van der Waals surface area (Å²) in [6.07, 6.45) is 2.39. The molecule has 1 aliphatic heterocycles. The molecule has 2 N–H and O–H groups in total. The van der Waals surface area contributed by atoms with Gasteiger partial charge in [0.2, 0.25) is 0 Å². The Bertz CT molecular complexity index is 397. The average molecular weight is 364 g/mol. The molecule has 18 heavy (non-hydrogen) atoms. The summed E-state index contributed by atoms with van der Waals surface area (Å²) in [5, 5.41) is 3.89. The minimum Gasteiger partial charge on any atom is -0.370 e. The zero-order chi connectivity index (χ0) is 12.3. The summed E-state index contributed by atoms with van der Waals surface area (Å²) in [4.78, 5) is 6.50. The summed E-state index contributed by atoms with van der Waals surface area (Å²) >= 11 is 0. The van der Waals surface area contributed by atoms with Gasteiger partial charge in [0.05, 0.1) is 6.54 Å². The quantitative estimate of drug-likeness (QED) is 0.496. The molecule has 1 aromatic rings. The molecule has 0 radical (unpaired) electrons. The standard InChI is InChI=1S/C12H20N4O.HI/c1-9-3-5-16(6-4-9)12(13)14-8-11-7-10(2)17-15-11;/h7,9H,3-6,8H2,1-2H3,(H2,13,14);1H. The molecule has 0 bridgehead atoms.